The number of carbonyl (C=O) groups excluding carboxylic acids is 1. The highest BCUT2D eigenvalue weighted by atomic mass is 35.5. The molecule has 0 unspecified atom stereocenters. The van der Waals surface area contributed by atoms with Gasteiger partial charge in [-0.3, -0.25) is 4.79 Å². The van der Waals surface area contributed by atoms with E-state index in [1.807, 2.05) is 43.3 Å². The van der Waals surface area contributed by atoms with E-state index in [4.69, 9.17) is 21.1 Å². The number of ether oxygens (including phenoxy) is 2. The van der Waals surface area contributed by atoms with Gasteiger partial charge in [0.2, 0.25) is 5.91 Å². The van der Waals surface area contributed by atoms with Crippen LogP contribution in [0.5, 0.6) is 5.75 Å². The first kappa shape index (κ1) is 27.9. The SMILES string of the molecule is CCOc1ccc(Cc2cc([C@@H]3O[C@H](CNc4cccc(NC(C)=O)c4)[C@H](O)[C@@H](O)[C@H]3O)ccc2Cl)cc1. The van der Waals surface area contributed by atoms with E-state index in [1.54, 1.807) is 30.3 Å². The monoisotopic (exact) mass is 540 g/mol. The summed E-state index contributed by atoms with van der Waals surface area (Å²) in [7, 11) is 0. The minimum Gasteiger partial charge on any atom is -0.494 e. The number of hydrogen-bond donors (Lipinski definition) is 5. The molecule has 5 N–H and O–H groups in total. The molecule has 9 heteroatoms. The Morgan fingerprint density at radius 3 is 2.42 bits per heavy atom. The number of amides is 1. The van der Waals surface area contributed by atoms with Crippen molar-refractivity contribution in [1.82, 2.24) is 0 Å². The second kappa shape index (κ2) is 12.6. The molecule has 3 aromatic carbocycles. The first-order valence-electron chi connectivity index (χ1n) is 12.6. The molecule has 0 bridgehead atoms. The highest BCUT2D eigenvalue weighted by Crippen LogP contribution is 2.35. The van der Waals surface area contributed by atoms with Crippen LogP contribution in [0, 0.1) is 0 Å². The van der Waals surface area contributed by atoms with Crippen molar-refractivity contribution >= 4 is 28.9 Å². The van der Waals surface area contributed by atoms with Crippen molar-refractivity contribution in [2.24, 2.45) is 0 Å². The van der Waals surface area contributed by atoms with Gasteiger partial charge in [0.1, 0.15) is 36.3 Å². The Bertz CT molecular complexity index is 1240. The maximum atomic E-state index is 11.3. The lowest BCUT2D eigenvalue weighted by molar-refractivity contribution is -0.220. The number of halogens is 1. The molecule has 8 nitrogen and oxygen atoms in total. The van der Waals surface area contributed by atoms with Crippen LogP contribution in [0.3, 0.4) is 0 Å². The van der Waals surface area contributed by atoms with Crippen LogP contribution < -0.4 is 15.4 Å². The van der Waals surface area contributed by atoms with Crippen molar-refractivity contribution in [3.63, 3.8) is 0 Å². The lowest BCUT2D eigenvalue weighted by Gasteiger charge is -2.41. The summed E-state index contributed by atoms with van der Waals surface area (Å²) < 4.78 is 11.6. The van der Waals surface area contributed by atoms with Crippen LogP contribution in [0.15, 0.2) is 66.7 Å². The molecule has 0 aromatic heterocycles. The maximum absolute atomic E-state index is 11.3. The molecule has 5 atom stereocenters. The molecular formula is C29H33ClN2O6. The van der Waals surface area contributed by atoms with Crippen molar-refractivity contribution in [3.8, 4) is 5.75 Å². The van der Waals surface area contributed by atoms with Crippen LogP contribution in [0.2, 0.25) is 5.02 Å². The summed E-state index contributed by atoms with van der Waals surface area (Å²) in [6.45, 7) is 4.12. The molecule has 0 aliphatic carbocycles. The predicted octanol–water partition coefficient (Wildman–Crippen LogP) is 3.92. The van der Waals surface area contributed by atoms with Crippen LogP contribution >= 0.6 is 11.6 Å². The van der Waals surface area contributed by atoms with Crippen LogP contribution in [-0.2, 0) is 16.0 Å². The fourth-order valence-electron chi connectivity index (χ4n) is 4.52. The summed E-state index contributed by atoms with van der Waals surface area (Å²) in [6, 6.07) is 20.2. The summed E-state index contributed by atoms with van der Waals surface area (Å²) in [4.78, 5) is 11.3. The van der Waals surface area contributed by atoms with Gasteiger partial charge in [-0.15, -0.1) is 0 Å². The molecule has 38 heavy (non-hydrogen) atoms. The predicted molar refractivity (Wildman–Crippen MR) is 147 cm³/mol. The van der Waals surface area contributed by atoms with Crippen LogP contribution in [0.4, 0.5) is 11.4 Å². The van der Waals surface area contributed by atoms with Gasteiger partial charge in [0, 0.05) is 29.9 Å². The number of aliphatic hydroxyl groups excluding tert-OH is 3. The van der Waals surface area contributed by atoms with Crippen LogP contribution in [0.1, 0.15) is 36.6 Å². The van der Waals surface area contributed by atoms with Gasteiger partial charge in [-0.1, -0.05) is 41.9 Å². The van der Waals surface area contributed by atoms with Crippen molar-refractivity contribution in [1.29, 1.82) is 0 Å². The van der Waals surface area contributed by atoms with E-state index in [9.17, 15) is 20.1 Å². The summed E-state index contributed by atoms with van der Waals surface area (Å²) in [6.07, 6.45) is -5.17. The van der Waals surface area contributed by atoms with Gasteiger partial charge in [-0.25, -0.2) is 0 Å². The fourth-order valence-corrected chi connectivity index (χ4v) is 4.71. The highest BCUT2D eigenvalue weighted by Gasteiger charge is 2.44. The van der Waals surface area contributed by atoms with E-state index < -0.39 is 30.5 Å². The third-order valence-electron chi connectivity index (χ3n) is 6.43. The van der Waals surface area contributed by atoms with E-state index in [1.165, 1.54) is 6.92 Å². The van der Waals surface area contributed by atoms with Crippen molar-refractivity contribution < 1.29 is 29.6 Å². The second-order valence-corrected chi connectivity index (χ2v) is 9.72. The topological polar surface area (TPSA) is 120 Å². The smallest absolute Gasteiger partial charge is 0.221 e. The highest BCUT2D eigenvalue weighted by molar-refractivity contribution is 6.31. The van der Waals surface area contributed by atoms with Gasteiger partial charge in [0.25, 0.3) is 0 Å². The molecular weight excluding hydrogens is 508 g/mol. The van der Waals surface area contributed by atoms with Gasteiger partial charge >= 0.3 is 0 Å². The van der Waals surface area contributed by atoms with Gasteiger partial charge < -0.3 is 35.4 Å². The standard InChI is InChI=1S/C29H33ClN2O6/c1-3-37-23-10-7-18(8-11-23)13-20-14-19(9-12-24(20)30)29-28(36)27(35)26(34)25(38-29)16-31-21-5-4-6-22(15-21)32-17(2)33/h4-12,14-15,25-29,31,34-36H,3,13,16H2,1-2H3,(H,32,33)/t25-,26+,27-,28-,29+/m1/s1. The first-order valence-corrected chi connectivity index (χ1v) is 12.9. The molecule has 1 amide bonds. The number of anilines is 2. The fraction of sp³-hybridized carbons (Fsp3) is 0.345. The number of rotatable bonds is 9. The van der Waals surface area contributed by atoms with E-state index in [2.05, 4.69) is 10.6 Å². The zero-order valence-corrected chi connectivity index (χ0v) is 22.1. The molecule has 1 aliphatic heterocycles. The third kappa shape index (κ3) is 6.83. The maximum Gasteiger partial charge on any atom is 0.221 e. The molecule has 0 saturated carbocycles. The number of benzene rings is 3. The number of hydrogen-bond acceptors (Lipinski definition) is 7. The molecule has 3 aromatic rings. The summed E-state index contributed by atoms with van der Waals surface area (Å²) >= 11 is 6.49. The first-order chi connectivity index (χ1) is 18.2. The Morgan fingerprint density at radius 2 is 1.71 bits per heavy atom. The largest absolute Gasteiger partial charge is 0.494 e. The Kier molecular flexibility index (Phi) is 9.25. The molecule has 0 spiro atoms. The van der Waals surface area contributed by atoms with Gasteiger partial charge in [0.05, 0.1) is 6.61 Å². The minimum absolute atomic E-state index is 0.164. The van der Waals surface area contributed by atoms with Crippen molar-refractivity contribution in [2.75, 3.05) is 23.8 Å². The molecule has 1 saturated heterocycles. The minimum atomic E-state index is -1.41. The van der Waals surface area contributed by atoms with E-state index >= 15 is 0 Å². The van der Waals surface area contributed by atoms with Crippen molar-refractivity contribution in [3.05, 3.63) is 88.4 Å². The number of carbonyl (C=O) groups is 1. The number of aliphatic hydroxyl groups is 3. The number of nitrogens with one attached hydrogen (secondary N) is 2. The van der Waals surface area contributed by atoms with E-state index in [-0.39, 0.29) is 12.5 Å². The second-order valence-electron chi connectivity index (χ2n) is 9.31. The molecule has 1 heterocycles. The molecule has 4 rings (SSSR count). The lowest BCUT2D eigenvalue weighted by atomic mass is 9.90. The quantitative estimate of drug-likeness (QED) is 0.279. The van der Waals surface area contributed by atoms with E-state index in [0.29, 0.717) is 35.0 Å². The Hall–Kier alpha value is -3.14. The average Bonchev–Trinajstić information content (AvgIpc) is 2.89. The zero-order valence-electron chi connectivity index (χ0n) is 21.3. The van der Waals surface area contributed by atoms with Gasteiger partial charge in [-0.05, 0) is 66.4 Å². The average molecular weight is 541 g/mol. The lowest BCUT2D eigenvalue weighted by Crippen LogP contribution is -2.56. The normalized spacial score (nSPS) is 23.1. The Labute approximate surface area is 227 Å². The zero-order chi connectivity index (χ0) is 27.2. The van der Waals surface area contributed by atoms with E-state index in [0.717, 1.165) is 16.9 Å². The summed E-state index contributed by atoms with van der Waals surface area (Å²) in [5.74, 6) is 0.613. The third-order valence-corrected chi connectivity index (χ3v) is 6.80. The molecule has 1 fully saturated rings. The Balaban J connectivity index is 1.48. The van der Waals surface area contributed by atoms with Gasteiger partial charge in [-0.2, -0.15) is 0 Å². The Morgan fingerprint density at radius 1 is 0.974 bits per heavy atom. The molecule has 202 valence electrons. The van der Waals surface area contributed by atoms with Crippen molar-refractivity contribution in [2.45, 2.75) is 50.8 Å². The molecule has 1 aliphatic rings. The molecule has 0 radical (unpaired) electrons. The summed E-state index contributed by atoms with van der Waals surface area (Å²) in [5.41, 5.74) is 3.85. The summed E-state index contributed by atoms with van der Waals surface area (Å²) in [5, 5.41) is 38.5. The van der Waals surface area contributed by atoms with Crippen LogP contribution in [0.25, 0.3) is 0 Å². The van der Waals surface area contributed by atoms with Crippen LogP contribution in [-0.4, -0.2) is 58.8 Å². The van der Waals surface area contributed by atoms with Gasteiger partial charge in [0.15, 0.2) is 0 Å².